The second-order valence-electron chi connectivity index (χ2n) is 4.95. The summed E-state index contributed by atoms with van der Waals surface area (Å²) in [5.74, 6) is 0.558. The van der Waals surface area contributed by atoms with Crippen molar-refractivity contribution in [3.8, 4) is 11.5 Å². The van der Waals surface area contributed by atoms with Crippen molar-refractivity contribution in [2.75, 3.05) is 20.8 Å². The van der Waals surface area contributed by atoms with Gasteiger partial charge in [-0.3, -0.25) is 9.59 Å². The number of carbonyl (C=O) groups excluding carboxylic acids is 2. The van der Waals surface area contributed by atoms with Crippen LogP contribution in [-0.2, 0) is 9.59 Å². The van der Waals surface area contributed by atoms with Crippen molar-refractivity contribution < 1.29 is 19.1 Å². The SMILES string of the molecule is CCC(=O)NCCC1C=c2c(OC)ccc(OC)c2=NC1=O. The largest absolute Gasteiger partial charge is 0.496 e. The molecule has 1 unspecified atom stereocenters. The fourth-order valence-corrected chi connectivity index (χ4v) is 2.35. The van der Waals surface area contributed by atoms with E-state index in [1.807, 2.05) is 6.08 Å². The molecule has 6 heteroatoms. The number of rotatable bonds is 6. The molecule has 0 bridgehead atoms. The number of hydrogen-bond acceptors (Lipinski definition) is 4. The van der Waals surface area contributed by atoms with Crippen LogP contribution >= 0.6 is 0 Å². The molecule has 1 N–H and O–H groups in total. The summed E-state index contributed by atoms with van der Waals surface area (Å²) in [6.45, 7) is 2.23. The molecule has 1 aromatic rings. The van der Waals surface area contributed by atoms with E-state index in [0.29, 0.717) is 36.2 Å². The highest BCUT2D eigenvalue weighted by Gasteiger charge is 2.21. The van der Waals surface area contributed by atoms with Crippen LogP contribution in [0.25, 0.3) is 6.08 Å². The zero-order chi connectivity index (χ0) is 16.1. The third kappa shape index (κ3) is 3.27. The first-order valence-electron chi connectivity index (χ1n) is 7.22. The lowest BCUT2D eigenvalue weighted by Crippen LogP contribution is -2.37. The molecule has 0 saturated carbocycles. The molecule has 1 aliphatic rings. The Morgan fingerprint density at radius 2 is 1.95 bits per heavy atom. The maximum atomic E-state index is 12.2. The number of amides is 2. The van der Waals surface area contributed by atoms with Crippen LogP contribution in [0.4, 0.5) is 0 Å². The van der Waals surface area contributed by atoms with Gasteiger partial charge in [-0.2, -0.15) is 0 Å². The third-order valence-electron chi connectivity index (χ3n) is 3.59. The number of benzene rings is 1. The van der Waals surface area contributed by atoms with Crippen molar-refractivity contribution in [2.45, 2.75) is 19.8 Å². The quantitative estimate of drug-likeness (QED) is 0.813. The first-order valence-corrected chi connectivity index (χ1v) is 7.22. The van der Waals surface area contributed by atoms with E-state index in [-0.39, 0.29) is 17.7 Å². The zero-order valence-corrected chi connectivity index (χ0v) is 13.0. The number of nitrogens with zero attached hydrogens (tertiary/aromatic N) is 1. The third-order valence-corrected chi connectivity index (χ3v) is 3.59. The first kappa shape index (κ1) is 16.0. The highest BCUT2D eigenvalue weighted by atomic mass is 16.5. The van der Waals surface area contributed by atoms with E-state index < -0.39 is 0 Å². The van der Waals surface area contributed by atoms with Crippen LogP contribution in [0.3, 0.4) is 0 Å². The van der Waals surface area contributed by atoms with Gasteiger partial charge in [0.2, 0.25) is 5.91 Å². The van der Waals surface area contributed by atoms with E-state index in [4.69, 9.17) is 9.47 Å². The van der Waals surface area contributed by atoms with Crippen molar-refractivity contribution >= 4 is 17.9 Å². The van der Waals surface area contributed by atoms with E-state index in [1.54, 1.807) is 26.2 Å². The van der Waals surface area contributed by atoms with E-state index >= 15 is 0 Å². The summed E-state index contributed by atoms with van der Waals surface area (Å²) < 4.78 is 10.6. The number of carbonyl (C=O) groups is 2. The van der Waals surface area contributed by atoms with Gasteiger partial charge < -0.3 is 14.8 Å². The van der Waals surface area contributed by atoms with Gasteiger partial charge in [0.25, 0.3) is 5.91 Å². The van der Waals surface area contributed by atoms with Gasteiger partial charge in [-0.1, -0.05) is 13.0 Å². The molecule has 2 rings (SSSR count). The summed E-state index contributed by atoms with van der Waals surface area (Å²) in [7, 11) is 3.11. The highest BCUT2D eigenvalue weighted by Crippen LogP contribution is 2.14. The first-order chi connectivity index (χ1) is 10.6. The lowest BCUT2D eigenvalue weighted by molar-refractivity contribution is -0.122. The number of nitrogens with one attached hydrogen (secondary N) is 1. The van der Waals surface area contributed by atoms with E-state index in [1.165, 1.54) is 7.11 Å². The van der Waals surface area contributed by atoms with Gasteiger partial charge >= 0.3 is 0 Å². The molecule has 0 aromatic heterocycles. The summed E-state index contributed by atoms with van der Waals surface area (Å²) >= 11 is 0. The number of methoxy groups -OCH3 is 2. The second-order valence-corrected chi connectivity index (χ2v) is 4.95. The van der Waals surface area contributed by atoms with Crippen molar-refractivity contribution in [3.05, 3.63) is 22.7 Å². The number of ether oxygens (including phenoxy) is 2. The maximum absolute atomic E-state index is 12.2. The van der Waals surface area contributed by atoms with Gasteiger partial charge in [-0.05, 0) is 18.6 Å². The van der Waals surface area contributed by atoms with Gasteiger partial charge in [-0.25, -0.2) is 4.99 Å². The molecule has 118 valence electrons. The minimum atomic E-state index is -0.370. The molecular weight excluding hydrogens is 284 g/mol. The molecule has 22 heavy (non-hydrogen) atoms. The van der Waals surface area contributed by atoms with Crippen LogP contribution in [0.2, 0.25) is 0 Å². The minimum Gasteiger partial charge on any atom is -0.496 e. The van der Waals surface area contributed by atoms with Crippen molar-refractivity contribution in [1.29, 1.82) is 0 Å². The highest BCUT2D eigenvalue weighted by molar-refractivity contribution is 5.86. The molecule has 1 heterocycles. The Hall–Kier alpha value is -2.37. The Balaban J connectivity index is 2.30. The fraction of sp³-hybridized carbons (Fsp3) is 0.438. The molecule has 1 aromatic carbocycles. The standard InChI is InChI=1S/C16H20N2O4/c1-4-14(19)17-8-7-10-9-11-12(21-2)5-6-13(22-3)15(11)18-16(10)20/h5-6,9-10H,4,7-8H2,1-3H3,(H,17,19). The summed E-state index contributed by atoms with van der Waals surface area (Å²) in [6, 6.07) is 3.51. The monoisotopic (exact) mass is 304 g/mol. The van der Waals surface area contributed by atoms with Crippen molar-refractivity contribution in [2.24, 2.45) is 10.9 Å². The Bertz CT molecular complexity index is 697. The molecule has 2 amide bonds. The van der Waals surface area contributed by atoms with Crippen LogP contribution < -0.4 is 25.4 Å². The number of hydrogen-bond donors (Lipinski definition) is 1. The molecule has 0 radical (unpaired) electrons. The van der Waals surface area contributed by atoms with Crippen molar-refractivity contribution in [1.82, 2.24) is 5.32 Å². The predicted octanol–water partition coefficient (Wildman–Crippen LogP) is 0.177. The summed E-state index contributed by atoms with van der Waals surface area (Å²) in [5.41, 5.74) is 0. The molecule has 0 fully saturated rings. The summed E-state index contributed by atoms with van der Waals surface area (Å²) in [6.07, 6.45) is 2.78. The smallest absolute Gasteiger partial charge is 0.253 e. The maximum Gasteiger partial charge on any atom is 0.253 e. The van der Waals surface area contributed by atoms with Gasteiger partial charge in [0.15, 0.2) is 0 Å². The molecule has 1 aliphatic heterocycles. The molecule has 0 spiro atoms. The Morgan fingerprint density at radius 3 is 2.59 bits per heavy atom. The zero-order valence-electron chi connectivity index (χ0n) is 13.0. The van der Waals surface area contributed by atoms with E-state index in [9.17, 15) is 9.59 Å². The minimum absolute atomic E-state index is 0.0279. The van der Waals surface area contributed by atoms with Gasteiger partial charge in [0.1, 0.15) is 16.9 Å². The Morgan fingerprint density at radius 1 is 1.27 bits per heavy atom. The summed E-state index contributed by atoms with van der Waals surface area (Å²) in [5, 5.41) is 4.02. The lowest BCUT2D eigenvalue weighted by atomic mass is 9.99. The predicted molar refractivity (Wildman–Crippen MR) is 81.2 cm³/mol. The molecule has 0 aliphatic carbocycles. The number of fused-ring (bicyclic) bond motifs is 1. The Labute approximate surface area is 128 Å². The lowest BCUT2D eigenvalue weighted by Gasteiger charge is -2.15. The van der Waals surface area contributed by atoms with Gasteiger partial charge in [0.05, 0.1) is 20.1 Å². The fourth-order valence-electron chi connectivity index (χ4n) is 2.35. The molecular formula is C16H20N2O4. The normalized spacial score (nSPS) is 16.1. The van der Waals surface area contributed by atoms with Crippen LogP contribution in [0.1, 0.15) is 19.8 Å². The average Bonchev–Trinajstić information content (AvgIpc) is 2.54. The topological polar surface area (TPSA) is 77.0 Å². The average molecular weight is 304 g/mol. The van der Waals surface area contributed by atoms with Gasteiger partial charge in [0, 0.05) is 18.2 Å². The van der Waals surface area contributed by atoms with Crippen LogP contribution in [0.15, 0.2) is 17.1 Å². The van der Waals surface area contributed by atoms with Crippen LogP contribution in [0, 0.1) is 5.92 Å². The van der Waals surface area contributed by atoms with Crippen LogP contribution in [0.5, 0.6) is 11.5 Å². The summed E-state index contributed by atoms with van der Waals surface area (Å²) in [4.78, 5) is 27.6. The van der Waals surface area contributed by atoms with Crippen molar-refractivity contribution in [3.63, 3.8) is 0 Å². The van der Waals surface area contributed by atoms with Crippen LogP contribution in [-0.4, -0.2) is 32.6 Å². The van der Waals surface area contributed by atoms with Gasteiger partial charge in [-0.15, -0.1) is 0 Å². The molecule has 6 nitrogen and oxygen atoms in total. The molecule has 0 saturated heterocycles. The van der Waals surface area contributed by atoms with E-state index in [2.05, 4.69) is 10.3 Å². The molecule has 1 atom stereocenters. The Kier molecular flexibility index (Phi) is 5.14. The second kappa shape index (κ2) is 7.06. The van der Waals surface area contributed by atoms with E-state index in [0.717, 1.165) is 5.22 Å².